The SMILES string of the molecule is CC(Cc1ccccc1)c1ccc2c3c(ccc2c1)OC(c1ccc(N2CCOCC2)cc1)(c1ccccc1F)C=C3. The van der Waals surface area contributed by atoms with Crippen LogP contribution in [-0.2, 0) is 16.8 Å². The van der Waals surface area contributed by atoms with Crippen molar-refractivity contribution in [3.05, 3.63) is 149 Å². The maximum atomic E-state index is 15.4. The molecule has 0 radical (unpaired) electrons. The van der Waals surface area contributed by atoms with Gasteiger partial charge < -0.3 is 14.4 Å². The molecule has 1 saturated heterocycles. The summed E-state index contributed by atoms with van der Waals surface area (Å²) in [5.41, 5.74) is 5.11. The van der Waals surface area contributed by atoms with Gasteiger partial charge in [-0.2, -0.15) is 0 Å². The molecule has 2 unspecified atom stereocenters. The van der Waals surface area contributed by atoms with Crippen LogP contribution in [0.25, 0.3) is 16.8 Å². The van der Waals surface area contributed by atoms with Gasteiger partial charge >= 0.3 is 0 Å². The van der Waals surface area contributed by atoms with Crippen LogP contribution in [0.3, 0.4) is 0 Å². The largest absolute Gasteiger partial charge is 0.473 e. The molecule has 7 rings (SSSR count). The number of nitrogens with zero attached hydrogens (tertiary/aromatic N) is 1. The number of rotatable bonds is 6. The standard InChI is InChI=1S/C38H34FNO2/c1-27(25-28-7-3-2-4-8-28)29-11-17-33-30(26-29)12-18-37-34(33)19-20-38(42-37,35-9-5-6-10-36(35)39)31-13-15-32(16-14-31)40-21-23-41-24-22-40/h2-20,26-27H,21-25H2,1H3. The zero-order valence-corrected chi connectivity index (χ0v) is 23.8. The monoisotopic (exact) mass is 555 g/mol. The molecular formula is C38H34FNO2. The van der Waals surface area contributed by atoms with Gasteiger partial charge in [-0.05, 0) is 70.7 Å². The van der Waals surface area contributed by atoms with Gasteiger partial charge in [0.25, 0.3) is 0 Å². The van der Waals surface area contributed by atoms with E-state index in [1.807, 2.05) is 24.3 Å². The van der Waals surface area contributed by atoms with Crippen LogP contribution in [0.1, 0.15) is 40.7 Å². The van der Waals surface area contributed by atoms with E-state index in [2.05, 4.69) is 96.8 Å². The second-order valence-corrected chi connectivity index (χ2v) is 11.3. The quantitative estimate of drug-likeness (QED) is 0.210. The van der Waals surface area contributed by atoms with E-state index in [9.17, 15) is 0 Å². The summed E-state index contributed by atoms with van der Waals surface area (Å²) in [6.07, 6.45) is 5.12. The molecule has 2 atom stereocenters. The molecule has 0 saturated carbocycles. The van der Waals surface area contributed by atoms with E-state index in [0.29, 0.717) is 11.5 Å². The normalized spacial score (nSPS) is 18.9. The minimum atomic E-state index is -1.08. The summed E-state index contributed by atoms with van der Waals surface area (Å²) in [5, 5.41) is 2.30. The first-order valence-electron chi connectivity index (χ1n) is 14.8. The van der Waals surface area contributed by atoms with E-state index in [0.717, 1.165) is 60.7 Å². The molecule has 42 heavy (non-hydrogen) atoms. The van der Waals surface area contributed by atoms with Gasteiger partial charge in [-0.1, -0.05) is 91.9 Å². The number of halogens is 1. The number of ether oxygens (including phenoxy) is 2. The summed E-state index contributed by atoms with van der Waals surface area (Å²) in [6.45, 7) is 5.46. The molecule has 2 aliphatic heterocycles. The second-order valence-electron chi connectivity index (χ2n) is 11.3. The molecule has 0 aliphatic carbocycles. The van der Waals surface area contributed by atoms with E-state index >= 15 is 4.39 Å². The highest BCUT2D eigenvalue weighted by molar-refractivity contribution is 5.94. The molecule has 0 N–H and O–H groups in total. The van der Waals surface area contributed by atoms with Crippen LogP contribution < -0.4 is 9.64 Å². The Morgan fingerprint density at radius 2 is 1.60 bits per heavy atom. The Kier molecular flexibility index (Phi) is 7.01. The van der Waals surface area contributed by atoms with Crippen LogP contribution in [0.2, 0.25) is 0 Å². The Labute approximate surface area is 246 Å². The average molecular weight is 556 g/mol. The van der Waals surface area contributed by atoms with Crippen molar-refractivity contribution in [3.8, 4) is 5.75 Å². The predicted octanol–water partition coefficient (Wildman–Crippen LogP) is 8.51. The van der Waals surface area contributed by atoms with Crippen molar-refractivity contribution >= 4 is 22.5 Å². The molecule has 2 aliphatic rings. The van der Waals surface area contributed by atoms with Crippen LogP contribution in [0, 0.1) is 5.82 Å². The van der Waals surface area contributed by atoms with Gasteiger partial charge in [0.2, 0.25) is 0 Å². The highest BCUT2D eigenvalue weighted by Gasteiger charge is 2.39. The van der Waals surface area contributed by atoms with E-state index in [-0.39, 0.29) is 5.82 Å². The number of morpholine rings is 1. The molecule has 0 aromatic heterocycles. The third-order valence-electron chi connectivity index (χ3n) is 8.70. The molecule has 5 aromatic carbocycles. The van der Waals surface area contributed by atoms with Gasteiger partial charge in [0.15, 0.2) is 5.60 Å². The molecule has 3 nitrogen and oxygen atoms in total. The summed E-state index contributed by atoms with van der Waals surface area (Å²) in [5.74, 6) is 0.852. The summed E-state index contributed by atoms with van der Waals surface area (Å²) >= 11 is 0. The van der Waals surface area contributed by atoms with Gasteiger partial charge in [0.1, 0.15) is 11.6 Å². The lowest BCUT2D eigenvalue weighted by molar-refractivity contribution is 0.122. The van der Waals surface area contributed by atoms with Crippen molar-refractivity contribution in [2.45, 2.75) is 24.9 Å². The summed E-state index contributed by atoms with van der Waals surface area (Å²) < 4.78 is 27.8. The molecule has 5 aromatic rings. The van der Waals surface area contributed by atoms with Crippen LogP contribution >= 0.6 is 0 Å². The minimum Gasteiger partial charge on any atom is -0.473 e. The fraction of sp³-hybridized carbons (Fsp3) is 0.211. The fourth-order valence-corrected chi connectivity index (χ4v) is 6.37. The molecule has 0 amide bonds. The van der Waals surface area contributed by atoms with Gasteiger partial charge in [-0.3, -0.25) is 0 Å². The molecule has 1 fully saturated rings. The smallest absolute Gasteiger partial charge is 0.180 e. The number of fused-ring (bicyclic) bond motifs is 3. The van der Waals surface area contributed by atoms with Crippen molar-refractivity contribution in [1.29, 1.82) is 0 Å². The summed E-state index contributed by atoms with van der Waals surface area (Å²) in [4.78, 5) is 2.32. The number of hydrogen-bond acceptors (Lipinski definition) is 3. The molecule has 2 heterocycles. The first-order chi connectivity index (χ1) is 20.6. The van der Waals surface area contributed by atoms with E-state index in [4.69, 9.17) is 9.47 Å². The van der Waals surface area contributed by atoms with Crippen molar-refractivity contribution in [1.82, 2.24) is 0 Å². The predicted molar refractivity (Wildman–Crippen MR) is 169 cm³/mol. The maximum Gasteiger partial charge on any atom is 0.180 e. The van der Waals surface area contributed by atoms with Gasteiger partial charge in [0.05, 0.1) is 13.2 Å². The number of anilines is 1. The highest BCUT2D eigenvalue weighted by Crippen LogP contribution is 2.45. The summed E-state index contributed by atoms with van der Waals surface area (Å²) in [6, 6.07) is 36.8. The lowest BCUT2D eigenvalue weighted by atomic mass is 9.82. The van der Waals surface area contributed by atoms with Crippen LogP contribution in [-0.4, -0.2) is 26.3 Å². The first-order valence-corrected chi connectivity index (χ1v) is 14.8. The third kappa shape index (κ3) is 4.86. The van der Waals surface area contributed by atoms with E-state index in [1.54, 1.807) is 6.07 Å². The van der Waals surface area contributed by atoms with Gasteiger partial charge in [-0.25, -0.2) is 4.39 Å². The van der Waals surface area contributed by atoms with Gasteiger partial charge in [-0.15, -0.1) is 0 Å². The van der Waals surface area contributed by atoms with Gasteiger partial charge in [0, 0.05) is 35.5 Å². The fourth-order valence-electron chi connectivity index (χ4n) is 6.37. The van der Waals surface area contributed by atoms with Crippen LogP contribution in [0.4, 0.5) is 10.1 Å². The Bertz CT molecular complexity index is 1740. The minimum absolute atomic E-state index is 0.291. The highest BCUT2D eigenvalue weighted by atomic mass is 19.1. The lowest BCUT2D eigenvalue weighted by Gasteiger charge is -2.37. The Balaban J connectivity index is 1.25. The second kappa shape index (κ2) is 11.1. The molecular weight excluding hydrogens is 521 g/mol. The van der Waals surface area contributed by atoms with Crippen molar-refractivity contribution < 1.29 is 13.9 Å². The van der Waals surface area contributed by atoms with E-state index in [1.165, 1.54) is 22.6 Å². The Morgan fingerprint density at radius 1 is 0.833 bits per heavy atom. The third-order valence-corrected chi connectivity index (χ3v) is 8.70. The van der Waals surface area contributed by atoms with Crippen molar-refractivity contribution in [3.63, 3.8) is 0 Å². The maximum absolute atomic E-state index is 15.4. The first kappa shape index (κ1) is 26.5. The Morgan fingerprint density at radius 3 is 2.38 bits per heavy atom. The topological polar surface area (TPSA) is 21.7 Å². The zero-order chi connectivity index (χ0) is 28.5. The zero-order valence-electron chi connectivity index (χ0n) is 23.8. The van der Waals surface area contributed by atoms with Crippen LogP contribution in [0.15, 0.2) is 115 Å². The summed E-state index contributed by atoms with van der Waals surface area (Å²) in [7, 11) is 0. The lowest BCUT2D eigenvalue weighted by Crippen LogP contribution is -2.37. The Hall–Kier alpha value is -4.41. The average Bonchev–Trinajstić information content (AvgIpc) is 3.05. The molecule has 0 spiro atoms. The van der Waals surface area contributed by atoms with Crippen molar-refractivity contribution in [2.75, 3.05) is 31.2 Å². The number of hydrogen-bond donors (Lipinski definition) is 0. The molecule has 4 heteroatoms. The number of benzene rings is 5. The van der Waals surface area contributed by atoms with Crippen LogP contribution in [0.5, 0.6) is 5.75 Å². The molecule has 0 bridgehead atoms. The molecule has 210 valence electrons. The van der Waals surface area contributed by atoms with Crippen molar-refractivity contribution in [2.24, 2.45) is 0 Å². The van der Waals surface area contributed by atoms with E-state index < -0.39 is 5.60 Å².